The molecule has 0 radical (unpaired) electrons. The number of benzene rings is 6. The van der Waals surface area contributed by atoms with Crippen molar-refractivity contribution >= 4 is 65.2 Å². The average molecular weight is 609 g/mol. The van der Waals surface area contributed by atoms with Crippen molar-refractivity contribution < 1.29 is 0 Å². The molecular formula is C44H24N4. The van der Waals surface area contributed by atoms with Crippen molar-refractivity contribution in [3.05, 3.63) is 146 Å². The number of aromatic nitrogens is 4. The third kappa shape index (κ3) is 3.43. The topological polar surface area (TPSA) is 51.6 Å². The van der Waals surface area contributed by atoms with Crippen LogP contribution in [0.4, 0.5) is 0 Å². The van der Waals surface area contributed by atoms with E-state index in [1.165, 1.54) is 33.0 Å². The van der Waals surface area contributed by atoms with E-state index < -0.39 is 0 Å². The quantitative estimate of drug-likeness (QED) is 0.183. The molecule has 0 bridgehead atoms. The van der Waals surface area contributed by atoms with Gasteiger partial charge in [0.2, 0.25) is 0 Å². The average Bonchev–Trinajstić information content (AvgIpc) is 3.48. The summed E-state index contributed by atoms with van der Waals surface area (Å²) in [6, 6.07) is 47.5. The Kier molecular flexibility index (Phi) is 5.08. The summed E-state index contributed by atoms with van der Waals surface area (Å²) in [6.45, 7) is 0. The van der Waals surface area contributed by atoms with Gasteiger partial charge in [0.25, 0.3) is 0 Å². The van der Waals surface area contributed by atoms with Gasteiger partial charge in [0, 0.05) is 56.2 Å². The molecule has 6 aromatic carbocycles. The fourth-order valence-corrected chi connectivity index (χ4v) is 7.99. The summed E-state index contributed by atoms with van der Waals surface area (Å²) in [5.74, 6) is 0. The minimum Gasteiger partial charge on any atom is -0.254 e. The molecule has 0 fully saturated rings. The molecule has 220 valence electrons. The van der Waals surface area contributed by atoms with E-state index in [-0.39, 0.29) is 0 Å². The van der Waals surface area contributed by atoms with E-state index in [1.807, 2.05) is 24.5 Å². The zero-order valence-electron chi connectivity index (χ0n) is 25.6. The van der Waals surface area contributed by atoms with Crippen molar-refractivity contribution in [3.8, 4) is 44.8 Å². The predicted molar refractivity (Wildman–Crippen MR) is 198 cm³/mol. The first-order chi connectivity index (χ1) is 23.8. The summed E-state index contributed by atoms with van der Waals surface area (Å²) in [6.07, 6.45) is 3.70. The smallest absolute Gasteiger partial charge is 0.0972 e. The van der Waals surface area contributed by atoms with Crippen LogP contribution < -0.4 is 0 Å². The number of fused-ring (bicyclic) bond motifs is 10. The Morgan fingerprint density at radius 1 is 0.312 bits per heavy atom. The highest BCUT2D eigenvalue weighted by molar-refractivity contribution is 6.27. The normalized spacial score (nSPS) is 12.2. The van der Waals surface area contributed by atoms with Crippen molar-refractivity contribution in [2.45, 2.75) is 0 Å². The molecule has 10 aromatic rings. The van der Waals surface area contributed by atoms with Crippen LogP contribution in [0.1, 0.15) is 0 Å². The van der Waals surface area contributed by atoms with Crippen LogP contribution in [0.3, 0.4) is 0 Å². The number of pyridine rings is 4. The van der Waals surface area contributed by atoms with E-state index in [0.717, 1.165) is 76.9 Å². The summed E-state index contributed by atoms with van der Waals surface area (Å²) in [5.41, 5.74) is 12.7. The van der Waals surface area contributed by atoms with Gasteiger partial charge < -0.3 is 0 Å². The van der Waals surface area contributed by atoms with Gasteiger partial charge in [-0.1, -0.05) is 109 Å². The number of hydrogen-bond donors (Lipinski definition) is 0. The summed E-state index contributed by atoms with van der Waals surface area (Å²) < 4.78 is 0. The lowest BCUT2D eigenvalue weighted by molar-refractivity contribution is 1.37. The molecule has 4 heterocycles. The van der Waals surface area contributed by atoms with Crippen LogP contribution in [0.25, 0.3) is 110 Å². The van der Waals surface area contributed by atoms with Gasteiger partial charge in [-0.25, -0.2) is 9.97 Å². The molecular weight excluding hydrogens is 585 g/mol. The second-order valence-corrected chi connectivity index (χ2v) is 12.6. The highest BCUT2D eigenvalue weighted by Gasteiger charge is 2.31. The molecule has 4 nitrogen and oxygen atoms in total. The van der Waals surface area contributed by atoms with Crippen LogP contribution >= 0.6 is 0 Å². The third-order valence-corrected chi connectivity index (χ3v) is 10.0. The maximum Gasteiger partial charge on any atom is 0.0972 e. The van der Waals surface area contributed by atoms with Gasteiger partial charge >= 0.3 is 0 Å². The van der Waals surface area contributed by atoms with Gasteiger partial charge in [0.05, 0.1) is 33.5 Å². The van der Waals surface area contributed by atoms with Gasteiger partial charge in [0.1, 0.15) is 0 Å². The van der Waals surface area contributed by atoms with Crippen molar-refractivity contribution in [2.75, 3.05) is 0 Å². The highest BCUT2D eigenvalue weighted by atomic mass is 14.8. The molecule has 0 unspecified atom stereocenters. The lowest BCUT2D eigenvalue weighted by Gasteiger charge is -2.20. The van der Waals surface area contributed by atoms with E-state index in [9.17, 15) is 0 Å². The van der Waals surface area contributed by atoms with Crippen LogP contribution in [-0.2, 0) is 0 Å². The SMILES string of the molecule is c1cc2c3c(cccc3c1)-c1c-2c(-c2ccc3ccc4cccnc4c3n2)c2ccccc2c1-c1ccc2ccc3cccnc3c2n1. The number of nitrogens with zero attached hydrogens (tertiary/aromatic N) is 4. The molecule has 4 aromatic heterocycles. The van der Waals surface area contributed by atoms with Crippen molar-refractivity contribution in [2.24, 2.45) is 0 Å². The monoisotopic (exact) mass is 608 g/mol. The zero-order valence-corrected chi connectivity index (χ0v) is 25.6. The van der Waals surface area contributed by atoms with Gasteiger partial charge in [-0.15, -0.1) is 0 Å². The summed E-state index contributed by atoms with van der Waals surface area (Å²) >= 11 is 0. The maximum absolute atomic E-state index is 5.42. The first-order valence-corrected chi connectivity index (χ1v) is 16.2. The second kappa shape index (κ2) is 9.50. The largest absolute Gasteiger partial charge is 0.254 e. The molecule has 0 aliphatic heterocycles. The van der Waals surface area contributed by atoms with Gasteiger partial charge in [0.15, 0.2) is 0 Å². The van der Waals surface area contributed by atoms with Gasteiger partial charge in [-0.05, 0) is 56.9 Å². The molecule has 1 aliphatic rings. The molecule has 0 N–H and O–H groups in total. The molecule has 0 spiro atoms. The highest BCUT2D eigenvalue weighted by Crippen LogP contribution is 2.57. The Labute approximate surface area is 275 Å². The summed E-state index contributed by atoms with van der Waals surface area (Å²) in [5, 5.41) is 9.12. The minimum atomic E-state index is 0.914. The van der Waals surface area contributed by atoms with Crippen molar-refractivity contribution in [1.82, 2.24) is 19.9 Å². The van der Waals surface area contributed by atoms with E-state index in [2.05, 4.69) is 121 Å². The number of hydrogen-bond acceptors (Lipinski definition) is 4. The minimum absolute atomic E-state index is 0.914. The predicted octanol–water partition coefficient (Wildman–Crippen LogP) is 11.2. The third-order valence-electron chi connectivity index (χ3n) is 10.0. The Morgan fingerprint density at radius 3 is 1.25 bits per heavy atom. The molecule has 0 atom stereocenters. The molecule has 4 heteroatoms. The Bertz CT molecular complexity index is 2820. The fraction of sp³-hybridized carbons (Fsp3) is 0. The summed E-state index contributed by atoms with van der Waals surface area (Å²) in [4.78, 5) is 20.4. The molecule has 11 rings (SSSR count). The first-order valence-electron chi connectivity index (χ1n) is 16.2. The van der Waals surface area contributed by atoms with Gasteiger partial charge in [-0.2, -0.15) is 0 Å². The van der Waals surface area contributed by atoms with E-state index >= 15 is 0 Å². The van der Waals surface area contributed by atoms with Gasteiger partial charge in [-0.3, -0.25) is 9.97 Å². The van der Waals surface area contributed by atoms with Crippen LogP contribution in [0.2, 0.25) is 0 Å². The molecule has 0 saturated heterocycles. The fourth-order valence-electron chi connectivity index (χ4n) is 7.99. The lowest BCUT2D eigenvalue weighted by atomic mass is 9.84. The Hall–Kier alpha value is -6.52. The number of rotatable bonds is 2. The molecule has 0 amide bonds. The Morgan fingerprint density at radius 2 is 0.750 bits per heavy atom. The van der Waals surface area contributed by atoms with Crippen LogP contribution in [0, 0.1) is 0 Å². The zero-order chi connectivity index (χ0) is 31.3. The van der Waals surface area contributed by atoms with Crippen molar-refractivity contribution in [3.63, 3.8) is 0 Å². The molecule has 0 saturated carbocycles. The second-order valence-electron chi connectivity index (χ2n) is 12.6. The Balaban J connectivity index is 1.31. The van der Waals surface area contributed by atoms with Crippen LogP contribution in [0.15, 0.2) is 146 Å². The standard InChI is InChI=1S/C44H24N4/c1-2-12-31-30(11-1)37(34-21-19-28-17-15-26-9-5-23-45-41(26)43(28)47-34)39-32-13-3-7-25-8-4-14-33(36(25)32)40(39)38(31)35-22-20-29-18-16-27-10-6-24-46-42(27)44(29)48-35/h1-24H. The maximum atomic E-state index is 5.42. The lowest BCUT2D eigenvalue weighted by Crippen LogP contribution is -1.97. The van der Waals surface area contributed by atoms with Crippen LogP contribution in [-0.4, -0.2) is 19.9 Å². The molecule has 48 heavy (non-hydrogen) atoms. The van der Waals surface area contributed by atoms with E-state index in [0.29, 0.717) is 0 Å². The van der Waals surface area contributed by atoms with Crippen LogP contribution in [0.5, 0.6) is 0 Å². The van der Waals surface area contributed by atoms with Crippen molar-refractivity contribution in [1.29, 1.82) is 0 Å². The first kappa shape index (κ1) is 25.6. The molecule has 1 aliphatic carbocycles. The van der Waals surface area contributed by atoms with E-state index in [1.54, 1.807) is 0 Å². The van der Waals surface area contributed by atoms with E-state index in [4.69, 9.17) is 19.9 Å². The summed E-state index contributed by atoms with van der Waals surface area (Å²) in [7, 11) is 0.